The molecular formula is C22H29N3O. The number of nitrogens with zero attached hydrogens (tertiary/aromatic N) is 1. The van der Waals surface area contributed by atoms with E-state index in [0.717, 1.165) is 17.7 Å². The number of carbonyl (C=O) groups is 1. The lowest BCUT2D eigenvalue weighted by Crippen LogP contribution is -2.48. The number of amides is 1. The van der Waals surface area contributed by atoms with Gasteiger partial charge in [-0.3, -0.25) is 9.69 Å². The van der Waals surface area contributed by atoms with Crippen LogP contribution in [0, 0.1) is 0 Å². The number of nitrogens with two attached hydrogens (primary N) is 1. The van der Waals surface area contributed by atoms with Crippen molar-refractivity contribution in [3.05, 3.63) is 71.3 Å². The van der Waals surface area contributed by atoms with E-state index in [1.807, 2.05) is 30.3 Å². The lowest BCUT2D eigenvalue weighted by atomic mass is 9.92. The second-order valence-corrected chi connectivity index (χ2v) is 7.40. The van der Waals surface area contributed by atoms with Gasteiger partial charge in [-0.15, -0.1) is 0 Å². The first-order valence-electron chi connectivity index (χ1n) is 9.48. The van der Waals surface area contributed by atoms with Crippen LogP contribution in [-0.4, -0.2) is 23.9 Å². The van der Waals surface area contributed by atoms with E-state index in [-0.39, 0.29) is 5.91 Å². The lowest BCUT2D eigenvalue weighted by Gasteiger charge is -2.26. The molecule has 138 valence electrons. The highest BCUT2D eigenvalue weighted by Crippen LogP contribution is 2.18. The molecule has 2 aromatic carbocycles. The molecule has 1 saturated heterocycles. The van der Waals surface area contributed by atoms with Gasteiger partial charge in [0.1, 0.15) is 5.54 Å². The molecule has 1 heterocycles. The smallest absolute Gasteiger partial charge is 0.244 e. The fourth-order valence-corrected chi connectivity index (χ4v) is 3.42. The Labute approximate surface area is 156 Å². The molecule has 1 atom stereocenters. The first-order valence-corrected chi connectivity index (χ1v) is 9.48. The Morgan fingerprint density at radius 1 is 1.00 bits per heavy atom. The fourth-order valence-electron chi connectivity index (χ4n) is 3.42. The summed E-state index contributed by atoms with van der Waals surface area (Å²) in [5, 5.41) is 2.96. The van der Waals surface area contributed by atoms with Crippen LogP contribution in [0.5, 0.6) is 0 Å². The quantitative estimate of drug-likeness (QED) is 0.840. The van der Waals surface area contributed by atoms with Crippen LogP contribution in [0.1, 0.15) is 42.9 Å². The molecule has 0 spiro atoms. The van der Waals surface area contributed by atoms with E-state index in [9.17, 15) is 4.79 Å². The van der Waals surface area contributed by atoms with Gasteiger partial charge in [0.15, 0.2) is 0 Å². The second kappa shape index (κ2) is 8.47. The second-order valence-electron chi connectivity index (χ2n) is 7.40. The fraction of sp³-hybridized carbons (Fsp3) is 0.409. The van der Waals surface area contributed by atoms with Crippen LogP contribution in [0.3, 0.4) is 0 Å². The largest absolute Gasteiger partial charge is 0.350 e. The summed E-state index contributed by atoms with van der Waals surface area (Å²) < 4.78 is 0. The SMILES string of the molecule is CC(N)(C(=O)NCc1ccc(CN2CCCCC2)cc1)c1ccccc1. The highest BCUT2D eigenvalue weighted by Gasteiger charge is 2.29. The third-order valence-electron chi connectivity index (χ3n) is 5.18. The van der Waals surface area contributed by atoms with Crippen molar-refractivity contribution in [1.29, 1.82) is 0 Å². The van der Waals surface area contributed by atoms with Gasteiger partial charge in [-0.2, -0.15) is 0 Å². The average molecular weight is 351 g/mol. The Morgan fingerprint density at radius 2 is 1.62 bits per heavy atom. The molecule has 0 radical (unpaired) electrons. The minimum atomic E-state index is -1.03. The number of hydrogen-bond donors (Lipinski definition) is 2. The van der Waals surface area contributed by atoms with Crippen molar-refractivity contribution in [2.45, 2.75) is 44.8 Å². The van der Waals surface area contributed by atoms with Crippen LogP contribution in [0.2, 0.25) is 0 Å². The molecule has 1 amide bonds. The monoisotopic (exact) mass is 351 g/mol. The highest BCUT2D eigenvalue weighted by molar-refractivity contribution is 5.86. The first kappa shape index (κ1) is 18.6. The summed E-state index contributed by atoms with van der Waals surface area (Å²) in [4.78, 5) is 15.0. The van der Waals surface area contributed by atoms with Crippen molar-refractivity contribution in [3.63, 3.8) is 0 Å². The van der Waals surface area contributed by atoms with Gasteiger partial charge in [-0.25, -0.2) is 0 Å². The van der Waals surface area contributed by atoms with Crippen LogP contribution >= 0.6 is 0 Å². The Hall–Kier alpha value is -2.17. The Balaban J connectivity index is 1.53. The molecule has 0 saturated carbocycles. The Bertz CT molecular complexity index is 704. The number of carbonyl (C=O) groups excluding carboxylic acids is 1. The van der Waals surface area contributed by atoms with Gasteiger partial charge in [0, 0.05) is 13.1 Å². The van der Waals surface area contributed by atoms with Crippen molar-refractivity contribution in [2.75, 3.05) is 13.1 Å². The van der Waals surface area contributed by atoms with E-state index in [2.05, 4.69) is 34.5 Å². The molecule has 1 aliphatic heterocycles. The van der Waals surface area contributed by atoms with Crippen molar-refractivity contribution in [2.24, 2.45) is 5.73 Å². The Morgan fingerprint density at radius 3 is 2.27 bits per heavy atom. The summed E-state index contributed by atoms with van der Waals surface area (Å²) in [6, 6.07) is 18.0. The van der Waals surface area contributed by atoms with Gasteiger partial charge in [0.2, 0.25) is 5.91 Å². The van der Waals surface area contributed by atoms with Crippen molar-refractivity contribution in [1.82, 2.24) is 10.2 Å². The number of likely N-dealkylation sites (tertiary alicyclic amines) is 1. The average Bonchev–Trinajstić information content (AvgIpc) is 2.68. The third-order valence-corrected chi connectivity index (χ3v) is 5.18. The van der Waals surface area contributed by atoms with Crippen molar-refractivity contribution >= 4 is 5.91 Å². The molecule has 4 heteroatoms. The minimum absolute atomic E-state index is 0.166. The van der Waals surface area contributed by atoms with Crippen LogP contribution < -0.4 is 11.1 Å². The number of hydrogen-bond acceptors (Lipinski definition) is 3. The zero-order chi connectivity index (χ0) is 18.4. The van der Waals surface area contributed by atoms with E-state index in [4.69, 9.17) is 5.73 Å². The maximum Gasteiger partial charge on any atom is 0.244 e. The van der Waals surface area contributed by atoms with Crippen molar-refractivity contribution < 1.29 is 4.79 Å². The molecule has 1 fully saturated rings. The molecule has 3 N–H and O–H groups in total. The molecule has 0 bridgehead atoms. The van der Waals surface area contributed by atoms with Gasteiger partial charge in [0.05, 0.1) is 0 Å². The van der Waals surface area contributed by atoms with Crippen LogP contribution in [0.25, 0.3) is 0 Å². The van der Waals surface area contributed by atoms with Crippen LogP contribution in [-0.2, 0) is 23.4 Å². The first-order chi connectivity index (χ1) is 12.6. The summed E-state index contributed by atoms with van der Waals surface area (Å²) in [7, 11) is 0. The molecule has 2 aromatic rings. The van der Waals surface area contributed by atoms with E-state index in [1.165, 1.54) is 37.9 Å². The predicted molar refractivity (Wildman–Crippen MR) is 105 cm³/mol. The van der Waals surface area contributed by atoms with Gasteiger partial charge in [-0.05, 0) is 49.5 Å². The minimum Gasteiger partial charge on any atom is -0.350 e. The Kier molecular flexibility index (Phi) is 6.07. The summed E-state index contributed by atoms with van der Waals surface area (Å²) >= 11 is 0. The summed E-state index contributed by atoms with van der Waals surface area (Å²) in [6.07, 6.45) is 3.98. The zero-order valence-corrected chi connectivity index (χ0v) is 15.6. The van der Waals surface area contributed by atoms with E-state index >= 15 is 0 Å². The highest BCUT2D eigenvalue weighted by atomic mass is 16.2. The number of benzene rings is 2. The summed E-state index contributed by atoms with van der Waals surface area (Å²) in [5.41, 5.74) is 8.45. The summed E-state index contributed by atoms with van der Waals surface area (Å²) in [6.45, 7) is 5.65. The molecule has 1 aliphatic rings. The van der Waals surface area contributed by atoms with E-state index < -0.39 is 5.54 Å². The molecule has 0 aromatic heterocycles. The molecule has 0 aliphatic carbocycles. The molecule has 3 rings (SSSR count). The van der Waals surface area contributed by atoms with Crippen molar-refractivity contribution in [3.8, 4) is 0 Å². The molecule has 1 unspecified atom stereocenters. The van der Waals surface area contributed by atoms with Gasteiger partial charge < -0.3 is 11.1 Å². The molecular weight excluding hydrogens is 322 g/mol. The lowest BCUT2D eigenvalue weighted by molar-refractivity contribution is -0.126. The number of rotatable bonds is 6. The standard InChI is InChI=1S/C22H29N3O/c1-22(23,20-8-4-2-5-9-20)21(26)24-16-18-10-12-19(13-11-18)17-25-14-6-3-7-15-25/h2,4-5,8-13H,3,6-7,14-17,23H2,1H3,(H,24,26). The third kappa shape index (κ3) is 4.71. The molecule has 4 nitrogen and oxygen atoms in total. The number of nitrogens with one attached hydrogen (secondary N) is 1. The van der Waals surface area contributed by atoms with Gasteiger partial charge >= 0.3 is 0 Å². The topological polar surface area (TPSA) is 58.4 Å². The summed E-state index contributed by atoms with van der Waals surface area (Å²) in [5.74, 6) is -0.166. The normalized spacial score (nSPS) is 17.5. The van der Waals surface area contributed by atoms with E-state index in [0.29, 0.717) is 6.54 Å². The van der Waals surface area contributed by atoms with Gasteiger partial charge in [-0.1, -0.05) is 61.0 Å². The van der Waals surface area contributed by atoms with Crippen LogP contribution in [0.15, 0.2) is 54.6 Å². The maximum absolute atomic E-state index is 12.5. The maximum atomic E-state index is 12.5. The predicted octanol–water partition coefficient (Wildman–Crippen LogP) is 3.16. The zero-order valence-electron chi connectivity index (χ0n) is 15.6. The van der Waals surface area contributed by atoms with Gasteiger partial charge in [0.25, 0.3) is 0 Å². The molecule has 26 heavy (non-hydrogen) atoms. The van der Waals surface area contributed by atoms with Crippen LogP contribution in [0.4, 0.5) is 0 Å². The number of piperidine rings is 1. The van der Waals surface area contributed by atoms with E-state index in [1.54, 1.807) is 6.92 Å².